The zero-order valence-electron chi connectivity index (χ0n) is 13.9. The second kappa shape index (κ2) is 8.20. The van der Waals surface area contributed by atoms with Crippen LogP contribution in [0, 0.1) is 10.1 Å². The number of non-ortho nitro benzene ring substituents is 1. The first-order valence-corrected chi connectivity index (χ1v) is 9.08. The SMILES string of the molecule is O=[N+]([O-])c1ccc(Sc2ccc(Cl)cc2)c(CNc2ccc(O)cc2O)c1. The highest BCUT2D eigenvalue weighted by Gasteiger charge is 2.13. The van der Waals surface area contributed by atoms with Gasteiger partial charge in [-0.1, -0.05) is 23.4 Å². The summed E-state index contributed by atoms with van der Waals surface area (Å²) in [6.45, 7) is 0.260. The van der Waals surface area contributed by atoms with Gasteiger partial charge in [0, 0.05) is 39.6 Å². The van der Waals surface area contributed by atoms with Crippen LogP contribution in [-0.4, -0.2) is 15.1 Å². The molecule has 0 aliphatic heterocycles. The highest BCUT2D eigenvalue weighted by Crippen LogP contribution is 2.34. The molecule has 27 heavy (non-hydrogen) atoms. The second-order valence-electron chi connectivity index (χ2n) is 5.66. The predicted octanol–water partition coefficient (Wildman–Crippen LogP) is 5.42. The van der Waals surface area contributed by atoms with Crippen molar-refractivity contribution in [2.45, 2.75) is 16.3 Å². The molecule has 3 N–H and O–H groups in total. The van der Waals surface area contributed by atoms with Gasteiger partial charge in [-0.25, -0.2) is 0 Å². The molecule has 6 nitrogen and oxygen atoms in total. The van der Waals surface area contributed by atoms with E-state index in [1.54, 1.807) is 18.2 Å². The fourth-order valence-electron chi connectivity index (χ4n) is 2.41. The minimum Gasteiger partial charge on any atom is -0.508 e. The van der Waals surface area contributed by atoms with Gasteiger partial charge < -0.3 is 15.5 Å². The van der Waals surface area contributed by atoms with E-state index in [-0.39, 0.29) is 23.7 Å². The largest absolute Gasteiger partial charge is 0.508 e. The summed E-state index contributed by atoms with van der Waals surface area (Å²) in [4.78, 5) is 12.5. The molecule has 3 rings (SSSR count). The molecule has 0 aliphatic carbocycles. The normalized spacial score (nSPS) is 10.6. The molecule has 0 radical (unpaired) electrons. The van der Waals surface area contributed by atoms with Crippen LogP contribution in [0.1, 0.15) is 5.56 Å². The topological polar surface area (TPSA) is 95.6 Å². The Labute approximate surface area is 164 Å². The van der Waals surface area contributed by atoms with Crippen LogP contribution in [0.5, 0.6) is 11.5 Å². The zero-order valence-corrected chi connectivity index (χ0v) is 15.5. The van der Waals surface area contributed by atoms with Crippen LogP contribution in [0.2, 0.25) is 5.02 Å². The molecular weight excluding hydrogens is 388 g/mol. The van der Waals surface area contributed by atoms with Crippen molar-refractivity contribution in [1.29, 1.82) is 0 Å². The lowest BCUT2D eigenvalue weighted by Gasteiger charge is -2.12. The van der Waals surface area contributed by atoms with Crippen LogP contribution < -0.4 is 5.32 Å². The Kier molecular flexibility index (Phi) is 5.73. The van der Waals surface area contributed by atoms with Crippen molar-refractivity contribution >= 4 is 34.7 Å². The molecule has 0 bridgehead atoms. The summed E-state index contributed by atoms with van der Waals surface area (Å²) in [7, 11) is 0. The van der Waals surface area contributed by atoms with Gasteiger partial charge in [-0.2, -0.15) is 0 Å². The Balaban J connectivity index is 1.87. The summed E-state index contributed by atoms with van der Waals surface area (Å²) >= 11 is 7.37. The van der Waals surface area contributed by atoms with Crippen LogP contribution in [0.25, 0.3) is 0 Å². The number of anilines is 1. The van der Waals surface area contributed by atoms with Gasteiger partial charge in [0.05, 0.1) is 10.6 Å². The molecule has 0 unspecified atom stereocenters. The van der Waals surface area contributed by atoms with Crippen molar-refractivity contribution in [3.8, 4) is 11.5 Å². The molecule has 0 amide bonds. The van der Waals surface area contributed by atoms with E-state index in [0.29, 0.717) is 16.3 Å². The lowest BCUT2D eigenvalue weighted by molar-refractivity contribution is -0.385. The third-order valence-electron chi connectivity index (χ3n) is 3.75. The fraction of sp³-hybridized carbons (Fsp3) is 0.0526. The van der Waals surface area contributed by atoms with Gasteiger partial charge in [-0.3, -0.25) is 10.1 Å². The maximum atomic E-state index is 11.1. The molecule has 8 heteroatoms. The van der Waals surface area contributed by atoms with Gasteiger partial charge in [0.25, 0.3) is 5.69 Å². The Morgan fingerprint density at radius 1 is 1.04 bits per heavy atom. The standard InChI is InChI=1S/C19H15ClN2O4S/c20-13-1-5-16(6-2-13)27-19-8-3-14(22(25)26)9-12(19)11-21-17-7-4-15(23)10-18(17)24/h1-10,21,23-24H,11H2. The van der Waals surface area contributed by atoms with E-state index in [1.807, 2.05) is 12.1 Å². The maximum absolute atomic E-state index is 11.1. The molecular formula is C19H15ClN2O4S. The minimum absolute atomic E-state index is 0.0119. The van der Waals surface area contributed by atoms with Crippen molar-refractivity contribution in [2.75, 3.05) is 5.32 Å². The first-order valence-electron chi connectivity index (χ1n) is 7.89. The van der Waals surface area contributed by atoms with Crippen LogP contribution in [0.4, 0.5) is 11.4 Å². The molecule has 3 aromatic rings. The smallest absolute Gasteiger partial charge is 0.269 e. The Bertz CT molecular complexity index is 980. The molecule has 3 aromatic carbocycles. The maximum Gasteiger partial charge on any atom is 0.269 e. The van der Waals surface area contributed by atoms with E-state index in [2.05, 4.69) is 5.32 Å². The number of nitrogens with one attached hydrogen (secondary N) is 1. The van der Waals surface area contributed by atoms with Crippen LogP contribution in [0.15, 0.2) is 70.5 Å². The van der Waals surface area contributed by atoms with E-state index < -0.39 is 4.92 Å². The fourth-order valence-corrected chi connectivity index (χ4v) is 3.46. The van der Waals surface area contributed by atoms with Crippen LogP contribution in [-0.2, 0) is 6.54 Å². The summed E-state index contributed by atoms with van der Waals surface area (Å²) in [5.74, 6) is -0.153. The lowest BCUT2D eigenvalue weighted by atomic mass is 10.2. The molecule has 0 saturated heterocycles. The number of hydrogen-bond acceptors (Lipinski definition) is 6. The van der Waals surface area contributed by atoms with E-state index in [4.69, 9.17) is 11.6 Å². The summed E-state index contributed by atoms with van der Waals surface area (Å²) in [5, 5.41) is 34.1. The average molecular weight is 403 g/mol. The van der Waals surface area contributed by atoms with Gasteiger partial charge >= 0.3 is 0 Å². The third-order valence-corrected chi connectivity index (χ3v) is 5.12. The van der Waals surface area contributed by atoms with E-state index in [1.165, 1.54) is 42.1 Å². The summed E-state index contributed by atoms with van der Waals surface area (Å²) in [5.41, 5.74) is 1.11. The quantitative estimate of drug-likeness (QED) is 0.220. The predicted molar refractivity (Wildman–Crippen MR) is 106 cm³/mol. The Morgan fingerprint density at radius 2 is 1.78 bits per heavy atom. The Hall–Kier alpha value is -2.90. The Morgan fingerprint density at radius 3 is 2.44 bits per heavy atom. The molecule has 0 aliphatic rings. The summed E-state index contributed by atoms with van der Waals surface area (Å²) < 4.78 is 0. The van der Waals surface area contributed by atoms with Crippen LogP contribution >= 0.6 is 23.4 Å². The number of nitro groups is 1. The number of benzene rings is 3. The number of rotatable bonds is 6. The third kappa shape index (κ3) is 4.84. The van der Waals surface area contributed by atoms with Gasteiger partial charge in [0.1, 0.15) is 11.5 Å². The number of aromatic hydroxyl groups is 2. The molecule has 0 spiro atoms. The highest BCUT2D eigenvalue weighted by molar-refractivity contribution is 7.99. The monoisotopic (exact) mass is 402 g/mol. The van der Waals surface area contributed by atoms with Crippen molar-refractivity contribution in [3.63, 3.8) is 0 Å². The van der Waals surface area contributed by atoms with Crippen molar-refractivity contribution in [2.24, 2.45) is 0 Å². The lowest BCUT2D eigenvalue weighted by Crippen LogP contribution is -2.02. The molecule has 0 atom stereocenters. The number of phenols is 2. The van der Waals surface area contributed by atoms with Gasteiger partial charge in [0.15, 0.2) is 0 Å². The summed E-state index contributed by atoms with van der Waals surface area (Å²) in [6, 6.07) is 16.2. The zero-order chi connectivity index (χ0) is 19.4. The minimum atomic E-state index is -0.446. The van der Waals surface area contributed by atoms with Gasteiger partial charge in [0.2, 0.25) is 0 Å². The first-order chi connectivity index (χ1) is 12.9. The first kappa shape index (κ1) is 18.9. The van der Waals surface area contributed by atoms with Crippen molar-refractivity contribution < 1.29 is 15.1 Å². The van der Waals surface area contributed by atoms with Crippen LogP contribution in [0.3, 0.4) is 0 Å². The van der Waals surface area contributed by atoms with Crippen molar-refractivity contribution in [3.05, 3.63) is 81.4 Å². The molecule has 0 saturated carbocycles. The molecule has 0 fully saturated rings. The molecule has 0 heterocycles. The highest BCUT2D eigenvalue weighted by atomic mass is 35.5. The van der Waals surface area contributed by atoms with Gasteiger partial charge in [-0.05, 0) is 48.0 Å². The van der Waals surface area contributed by atoms with E-state index >= 15 is 0 Å². The van der Waals surface area contributed by atoms with E-state index in [0.717, 1.165) is 9.79 Å². The second-order valence-corrected chi connectivity index (χ2v) is 7.21. The van der Waals surface area contributed by atoms with E-state index in [9.17, 15) is 20.3 Å². The number of hydrogen-bond donors (Lipinski definition) is 3. The molecule has 138 valence electrons. The number of nitrogens with zero attached hydrogens (tertiary/aromatic N) is 1. The number of nitro benzene ring substituents is 1. The number of phenolic OH excluding ortho intramolecular Hbond substituents is 2. The molecule has 0 aromatic heterocycles. The number of halogens is 1. The van der Waals surface area contributed by atoms with Gasteiger partial charge in [-0.15, -0.1) is 0 Å². The van der Waals surface area contributed by atoms with Crippen molar-refractivity contribution in [1.82, 2.24) is 0 Å². The average Bonchev–Trinajstić information content (AvgIpc) is 2.63. The summed E-state index contributed by atoms with van der Waals surface area (Å²) in [6.07, 6.45) is 0.